The number of aromatic amines is 1. The van der Waals surface area contributed by atoms with Crippen molar-refractivity contribution >= 4 is 39.3 Å². The van der Waals surface area contributed by atoms with Crippen LogP contribution in [0.4, 0.5) is 16.2 Å². The van der Waals surface area contributed by atoms with Crippen LogP contribution in [-0.2, 0) is 6.54 Å². The van der Waals surface area contributed by atoms with E-state index in [4.69, 9.17) is 0 Å². The molecule has 3 heterocycles. The van der Waals surface area contributed by atoms with Crippen LogP contribution in [0, 0.1) is 6.92 Å². The van der Waals surface area contributed by atoms with Gasteiger partial charge >= 0.3 is 6.03 Å². The van der Waals surface area contributed by atoms with Crippen molar-refractivity contribution in [3.8, 4) is 0 Å². The number of benzene rings is 2. The Morgan fingerprint density at radius 3 is 2.73 bits per heavy atom. The van der Waals surface area contributed by atoms with Crippen molar-refractivity contribution in [1.29, 1.82) is 0 Å². The highest BCUT2D eigenvalue weighted by Crippen LogP contribution is 2.26. The van der Waals surface area contributed by atoms with E-state index in [1.807, 2.05) is 67.8 Å². The van der Waals surface area contributed by atoms with Gasteiger partial charge in [0.2, 0.25) is 0 Å². The van der Waals surface area contributed by atoms with Gasteiger partial charge in [-0.1, -0.05) is 23.8 Å². The molecule has 6 nitrogen and oxygen atoms in total. The van der Waals surface area contributed by atoms with Gasteiger partial charge in [-0.2, -0.15) is 0 Å². The van der Waals surface area contributed by atoms with Crippen LogP contribution >= 0.6 is 0 Å². The number of nitrogens with zero attached hydrogens (tertiary/aromatic N) is 2. The molecule has 5 rings (SSSR count). The van der Waals surface area contributed by atoms with Crippen LogP contribution in [0.5, 0.6) is 0 Å². The molecule has 0 saturated carbocycles. The van der Waals surface area contributed by atoms with E-state index in [0.717, 1.165) is 38.9 Å². The lowest BCUT2D eigenvalue weighted by Crippen LogP contribution is -2.19. The molecular weight excluding hydrogens is 374 g/mol. The Morgan fingerprint density at radius 2 is 1.87 bits per heavy atom. The van der Waals surface area contributed by atoms with Crippen LogP contribution in [0.15, 0.2) is 79.3 Å². The number of pyridine rings is 1. The Kier molecular flexibility index (Phi) is 4.44. The third kappa shape index (κ3) is 3.39. The first-order valence-corrected chi connectivity index (χ1v) is 9.81. The number of amides is 2. The van der Waals surface area contributed by atoms with E-state index in [9.17, 15) is 4.79 Å². The second-order valence-electron chi connectivity index (χ2n) is 7.34. The quantitative estimate of drug-likeness (QED) is 0.375. The third-order valence-corrected chi connectivity index (χ3v) is 5.25. The molecule has 5 aromatic rings. The number of fused-ring (bicyclic) bond motifs is 2. The molecule has 6 heteroatoms. The van der Waals surface area contributed by atoms with Gasteiger partial charge in [0.1, 0.15) is 5.65 Å². The Morgan fingerprint density at radius 1 is 1.00 bits per heavy atom. The average molecular weight is 395 g/mol. The summed E-state index contributed by atoms with van der Waals surface area (Å²) in [6.45, 7) is 2.73. The minimum absolute atomic E-state index is 0.262. The summed E-state index contributed by atoms with van der Waals surface area (Å²) < 4.78 is 2.17. The fourth-order valence-electron chi connectivity index (χ4n) is 3.72. The summed E-state index contributed by atoms with van der Waals surface area (Å²) in [5.41, 5.74) is 5.80. The summed E-state index contributed by atoms with van der Waals surface area (Å²) >= 11 is 0. The van der Waals surface area contributed by atoms with Gasteiger partial charge < -0.3 is 20.2 Å². The molecule has 30 heavy (non-hydrogen) atoms. The van der Waals surface area contributed by atoms with Crippen molar-refractivity contribution < 1.29 is 4.79 Å². The van der Waals surface area contributed by atoms with Crippen molar-refractivity contribution in [2.45, 2.75) is 13.5 Å². The molecule has 0 atom stereocenters. The van der Waals surface area contributed by atoms with Crippen LogP contribution in [-0.4, -0.2) is 20.6 Å². The van der Waals surface area contributed by atoms with E-state index in [1.54, 1.807) is 6.20 Å². The van der Waals surface area contributed by atoms with Crippen molar-refractivity contribution in [3.63, 3.8) is 0 Å². The van der Waals surface area contributed by atoms with Gasteiger partial charge in [0, 0.05) is 41.6 Å². The van der Waals surface area contributed by atoms with Crippen LogP contribution in [0.3, 0.4) is 0 Å². The predicted octanol–water partition coefficient (Wildman–Crippen LogP) is 5.52. The average Bonchev–Trinajstić information content (AvgIpc) is 3.35. The Balaban J connectivity index is 1.39. The zero-order chi connectivity index (χ0) is 20.5. The first kappa shape index (κ1) is 18.0. The monoisotopic (exact) mass is 395 g/mol. The molecule has 0 radical (unpaired) electrons. The van der Waals surface area contributed by atoms with Crippen LogP contribution in [0.1, 0.15) is 11.1 Å². The number of carbonyl (C=O) groups excluding carboxylic acids is 1. The molecule has 0 bridgehead atoms. The standard InChI is InChI=1S/C24H21N5O/c1-16-7-9-18(10-8-16)27-24(30)28-21-5-2-6-22-20(21)11-13-29(22)15-17-14-26-23-19(17)4-3-12-25-23/h2-14H,15H2,1H3,(H,25,26)(H2,27,28,30). The molecule has 0 aliphatic rings. The maximum absolute atomic E-state index is 12.5. The summed E-state index contributed by atoms with van der Waals surface area (Å²) in [7, 11) is 0. The molecule has 3 aromatic heterocycles. The molecule has 2 aromatic carbocycles. The molecule has 148 valence electrons. The zero-order valence-corrected chi connectivity index (χ0v) is 16.5. The summed E-state index contributed by atoms with van der Waals surface area (Å²) in [6, 6.07) is 19.4. The highest BCUT2D eigenvalue weighted by Gasteiger charge is 2.11. The van der Waals surface area contributed by atoms with E-state index < -0.39 is 0 Å². The fourth-order valence-corrected chi connectivity index (χ4v) is 3.72. The molecule has 3 N–H and O–H groups in total. The number of carbonyl (C=O) groups is 1. The largest absolute Gasteiger partial charge is 0.346 e. The van der Waals surface area contributed by atoms with Crippen molar-refractivity contribution in [3.05, 3.63) is 90.4 Å². The number of hydrogen-bond donors (Lipinski definition) is 3. The highest BCUT2D eigenvalue weighted by molar-refractivity contribution is 6.05. The third-order valence-electron chi connectivity index (χ3n) is 5.25. The number of hydrogen-bond acceptors (Lipinski definition) is 2. The molecule has 0 unspecified atom stereocenters. The number of rotatable bonds is 4. The number of anilines is 2. The van der Waals surface area contributed by atoms with Gasteiger partial charge in [-0.05, 0) is 55.0 Å². The highest BCUT2D eigenvalue weighted by atomic mass is 16.2. The first-order chi connectivity index (χ1) is 14.7. The zero-order valence-electron chi connectivity index (χ0n) is 16.5. The lowest BCUT2D eigenvalue weighted by Gasteiger charge is -2.10. The molecule has 2 amide bonds. The van der Waals surface area contributed by atoms with Gasteiger partial charge in [-0.15, -0.1) is 0 Å². The summed E-state index contributed by atoms with van der Waals surface area (Å²) in [4.78, 5) is 20.1. The lowest BCUT2D eigenvalue weighted by atomic mass is 10.2. The molecule has 0 aliphatic carbocycles. The molecule has 0 spiro atoms. The minimum Gasteiger partial charge on any atom is -0.346 e. The number of H-pyrrole nitrogens is 1. The van der Waals surface area contributed by atoms with Crippen molar-refractivity contribution in [2.75, 3.05) is 10.6 Å². The second-order valence-corrected chi connectivity index (χ2v) is 7.34. The van der Waals surface area contributed by atoms with Gasteiger partial charge in [0.25, 0.3) is 0 Å². The fraction of sp³-hybridized carbons (Fsp3) is 0.0833. The Labute approximate surface area is 173 Å². The summed E-state index contributed by atoms with van der Waals surface area (Å²) in [5, 5.41) is 7.96. The predicted molar refractivity (Wildman–Crippen MR) is 121 cm³/mol. The Bertz CT molecular complexity index is 1350. The van der Waals surface area contributed by atoms with E-state index in [2.05, 4.69) is 37.3 Å². The maximum Gasteiger partial charge on any atom is 0.323 e. The number of aromatic nitrogens is 3. The molecular formula is C24H21N5O. The summed E-state index contributed by atoms with van der Waals surface area (Å²) in [6.07, 6.45) is 5.83. The van der Waals surface area contributed by atoms with Crippen LogP contribution in [0.25, 0.3) is 21.9 Å². The van der Waals surface area contributed by atoms with Crippen molar-refractivity contribution in [1.82, 2.24) is 14.5 Å². The van der Waals surface area contributed by atoms with Gasteiger partial charge in [0.15, 0.2) is 0 Å². The molecule has 0 fully saturated rings. The maximum atomic E-state index is 12.5. The van der Waals surface area contributed by atoms with Crippen LogP contribution in [0.2, 0.25) is 0 Å². The van der Waals surface area contributed by atoms with Crippen LogP contribution < -0.4 is 10.6 Å². The lowest BCUT2D eigenvalue weighted by molar-refractivity contribution is 0.262. The number of urea groups is 1. The summed E-state index contributed by atoms with van der Waals surface area (Å²) in [5.74, 6) is 0. The molecule has 0 aliphatic heterocycles. The van der Waals surface area contributed by atoms with E-state index >= 15 is 0 Å². The normalized spacial score (nSPS) is 11.1. The van der Waals surface area contributed by atoms with E-state index in [0.29, 0.717) is 6.54 Å². The topological polar surface area (TPSA) is 74.7 Å². The van der Waals surface area contributed by atoms with E-state index in [-0.39, 0.29) is 6.03 Å². The van der Waals surface area contributed by atoms with E-state index in [1.165, 1.54) is 5.56 Å². The number of nitrogens with one attached hydrogen (secondary N) is 3. The van der Waals surface area contributed by atoms with Gasteiger partial charge in [0.05, 0.1) is 11.2 Å². The smallest absolute Gasteiger partial charge is 0.323 e. The SMILES string of the molecule is Cc1ccc(NC(=O)Nc2cccc3c2ccn3Cc2c[nH]c3ncccc23)cc1. The van der Waals surface area contributed by atoms with Gasteiger partial charge in [-0.3, -0.25) is 0 Å². The van der Waals surface area contributed by atoms with Crippen molar-refractivity contribution in [2.24, 2.45) is 0 Å². The Hall–Kier alpha value is -4.06. The minimum atomic E-state index is -0.262. The number of aryl methyl sites for hydroxylation is 1. The molecule has 0 saturated heterocycles. The first-order valence-electron chi connectivity index (χ1n) is 9.81. The second kappa shape index (κ2) is 7.40. The van der Waals surface area contributed by atoms with Gasteiger partial charge in [-0.25, -0.2) is 9.78 Å².